The number of thioether (sulfide) groups is 1. The summed E-state index contributed by atoms with van der Waals surface area (Å²) in [5.74, 6) is 1.55. The van der Waals surface area contributed by atoms with Gasteiger partial charge in [0.05, 0.1) is 5.60 Å². The third-order valence-corrected chi connectivity index (χ3v) is 4.58. The van der Waals surface area contributed by atoms with Crippen LogP contribution in [0.3, 0.4) is 0 Å². The average Bonchev–Trinajstić information content (AvgIpc) is 2.83. The van der Waals surface area contributed by atoms with Crippen LogP contribution in [0.5, 0.6) is 0 Å². The normalized spacial score (nSPS) is 22.2. The Morgan fingerprint density at radius 3 is 2.95 bits per heavy atom. The number of hydrogen-bond acceptors (Lipinski definition) is 4. The van der Waals surface area contributed by atoms with Gasteiger partial charge in [-0.3, -0.25) is 4.79 Å². The van der Waals surface area contributed by atoms with Crippen molar-refractivity contribution in [2.45, 2.75) is 18.6 Å². The molecule has 0 aliphatic carbocycles. The number of aliphatic hydroxyl groups is 1. The molecule has 1 aliphatic rings. The number of carbonyl (C=O) groups excluding carboxylic acids is 1. The Labute approximate surface area is 124 Å². The maximum absolute atomic E-state index is 12.1. The van der Waals surface area contributed by atoms with Crippen molar-refractivity contribution in [1.82, 2.24) is 10.2 Å². The molecule has 5 heteroatoms. The second kappa shape index (κ2) is 6.61. The summed E-state index contributed by atoms with van der Waals surface area (Å²) in [6, 6.07) is 7.62. The van der Waals surface area contributed by atoms with Gasteiger partial charge >= 0.3 is 0 Å². The summed E-state index contributed by atoms with van der Waals surface area (Å²) >= 11 is 1.73. The molecule has 1 heterocycles. The van der Waals surface area contributed by atoms with E-state index in [2.05, 4.69) is 10.2 Å². The zero-order chi connectivity index (χ0) is 14.6. The number of nitrogens with zero attached hydrogens (tertiary/aromatic N) is 1. The van der Waals surface area contributed by atoms with Crippen LogP contribution in [-0.4, -0.2) is 53.7 Å². The summed E-state index contributed by atoms with van der Waals surface area (Å²) in [5, 5.41) is 13.1. The zero-order valence-electron chi connectivity index (χ0n) is 12.1. The number of nitrogens with one attached hydrogen (secondary N) is 1. The first-order chi connectivity index (χ1) is 9.48. The predicted molar refractivity (Wildman–Crippen MR) is 83.1 cm³/mol. The first-order valence-electron chi connectivity index (χ1n) is 6.80. The van der Waals surface area contributed by atoms with Crippen LogP contribution >= 0.6 is 11.8 Å². The molecule has 0 aromatic heterocycles. The van der Waals surface area contributed by atoms with Gasteiger partial charge < -0.3 is 15.3 Å². The molecule has 1 fully saturated rings. The Hall–Kier alpha value is -1.04. The maximum Gasteiger partial charge on any atom is 0.251 e. The number of carbonyl (C=O) groups is 1. The molecule has 2 rings (SSSR count). The first kappa shape index (κ1) is 15.4. The molecule has 20 heavy (non-hydrogen) atoms. The summed E-state index contributed by atoms with van der Waals surface area (Å²) in [6.07, 6.45) is 0.749. The van der Waals surface area contributed by atoms with Crippen molar-refractivity contribution in [1.29, 1.82) is 0 Å². The van der Waals surface area contributed by atoms with Crippen LogP contribution in [0.15, 0.2) is 24.3 Å². The number of rotatable bonds is 5. The molecule has 1 aromatic rings. The highest BCUT2D eigenvalue weighted by molar-refractivity contribution is 7.99. The molecule has 1 saturated heterocycles. The van der Waals surface area contributed by atoms with Crippen molar-refractivity contribution >= 4 is 17.7 Å². The van der Waals surface area contributed by atoms with Crippen LogP contribution < -0.4 is 5.32 Å². The maximum atomic E-state index is 12.1. The molecule has 1 unspecified atom stereocenters. The van der Waals surface area contributed by atoms with E-state index in [1.807, 2.05) is 38.4 Å². The van der Waals surface area contributed by atoms with Gasteiger partial charge in [0.2, 0.25) is 0 Å². The largest absolute Gasteiger partial charge is 0.387 e. The average molecular weight is 294 g/mol. The SMILES string of the molecule is CN(C)Cc1cccc(C(=O)NCC2(O)CCSC2)c1. The summed E-state index contributed by atoms with van der Waals surface area (Å²) in [4.78, 5) is 14.2. The van der Waals surface area contributed by atoms with Gasteiger partial charge in [0.15, 0.2) is 0 Å². The number of hydrogen-bond donors (Lipinski definition) is 2. The van der Waals surface area contributed by atoms with E-state index in [4.69, 9.17) is 0 Å². The topological polar surface area (TPSA) is 52.6 Å². The van der Waals surface area contributed by atoms with Crippen LogP contribution in [0.2, 0.25) is 0 Å². The lowest BCUT2D eigenvalue weighted by atomic mass is 10.0. The Balaban J connectivity index is 1.95. The van der Waals surface area contributed by atoms with Crippen LogP contribution in [0.1, 0.15) is 22.3 Å². The van der Waals surface area contributed by atoms with Crippen molar-refractivity contribution < 1.29 is 9.90 Å². The van der Waals surface area contributed by atoms with Crippen molar-refractivity contribution in [3.05, 3.63) is 35.4 Å². The quantitative estimate of drug-likeness (QED) is 0.861. The molecule has 0 radical (unpaired) electrons. The van der Waals surface area contributed by atoms with Crippen molar-refractivity contribution in [3.63, 3.8) is 0 Å². The number of amides is 1. The molecule has 1 aliphatic heterocycles. The summed E-state index contributed by atoms with van der Waals surface area (Å²) in [6.45, 7) is 1.14. The molecule has 0 bridgehead atoms. The zero-order valence-corrected chi connectivity index (χ0v) is 12.9. The fourth-order valence-electron chi connectivity index (χ4n) is 2.26. The highest BCUT2D eigenvalue weighted by atomic mass is 32.2. The fraction of sp³-hybridized carbons (Fsp3) is 0.533. The molecule has 1 aromatic carbocycles. The highest BCUT2D eigenvalue weighted by Gasteiger charge is 2.32. The van der Waals surface area contributed by atoms with E-state index in [0.29, 0.717) is 17.9 Å². The van der Waals surface area contributed by atoms with E-state index in [-0.39, 0.29) is 5.91 Å². The van der Waals surface area contributed by atoms with Crippen LogP contribution in [0.4, 0.5) is 0 Å². The van der Waals surface area contributed by atoms with Gasteiger partial charge in [0, 0.05) is 24.4 Å². The Morgan fingerprint density at radius 2 is 2.30 bits per heavy atom. The summed E-state index contributed by atoms with van der Waals surface area (Å²) in [7, 11) is 4.00. The minimum atomic E-state index is -0.735. The molecule has 4 nitrogen and oxygen atoms in total. The minimum absolute atomic E-state index is 0.115. The van der Waals surface area contributed by atoms with Crippen LogP contribution in [0.25, 0.3) is 0 Å². The molecular weight excluding hydrogens is 272 g/mol. The third kappa shape index (κ3) is 4.23. The minimum Gasteiger partial charge on any atom is -0.387 e. The Bertz CT molecular complexity index is 471. The van der Waals surface area contributed by atoms with Gasteiger partial charge in [-0.15, -0.1) is 0 Å². The van der Waals surface area contributed by atoms with E-state index in [1.54, 1.807) is 11.8 Å². The third-order valence-electron chi connectivity index (χ3n) is 3.35. The van der Waals surface area contributed by atoms with E-state index in [1.165, 1.54) is 0 Å². The number of benzene rings is 1. The Kier molecular flexibility index (Phi) is 5.07. The lowest BCUT2D eigenvalue weighted by molar-refractivity contribution is 0.0612. The molecule has 1 amide bonds. The fourth-order valence-corrected chi connectivity index (χ4v) is 3.55. The molecule has 0 spiro atoms. The summed E-state index contributed by atoms with van der Waals surface area (Å²) < 4.78 is 0. The van der Waals surface area contributed by atoms with Gasteiger partial charge in [-0.2, -0.15) is 11.8 Å². The van der Waals surface area contributed by atoms with Gasteiger partial charge in [0.25, 0.3) is 5.91 Å². The van der Waals surface area contributed by atoms with E-state index in [0.717, 1.165) is 24.3 Å². The van der Waals surface area contributed by atoms with Crippen molar-refractivity contribution in [3.8, 4) is 0 Å². The lowest BCUT2D eigenvalue weighted by Gasteiger charge is -2.21. The molecule has 110 valence electrons. The first-order valence-corrected chi connectivity index (χ1v) is 7.96. The van der Waals surface area contributed by atoms with Gasteiger partial charge in [-0.1, -0.05) is 12.1 Å². The monoisotopic (exact) mass is 294 g/mol. The molecule has 1 atom stereocenters. The smallest absolute Gasteiger partial charge is 0.251 e. The standard InChI is InChI=1S/C15H22N2O2S/c1-17(2)9-12-4-3-5-13(8-12)14(18)16-10-15(19)6-7-20-11-15/h3-5,8,19H,6-7,9-11H2,1-2H3,(H,16,18). The lowest BCUT2D eigenvalue weighted by Crippen LogP contribution is -2.42. The molecular formula is C15H22N2O2S. The van der Waals surface area contributed by atoms with E-state index >= 15 is 0 Å². The molecule has 0 saturated carbocycles. The van der Waals surface area contributed by atoms with Gasteiger partial charge in [-0.25, -0.2) is 0 Å². The summed E-state index contributed by atoms with van der Waals surface area (Å²) in [5.41, 5.74) is 1.03. The van der Waals surface area contributed by atoms with Crippen molar-refractivity contribution in [2.24, 2.45) is 0 Å². The highest BCUT2D eigenvalue weighted by Crippen LogP contribution is 2.27. The molecule has 2 N–H and O–H groups in total. The van der Waals surface area contributed by atoms with Gasteiger partial charge in [0.1, 0.15) is 0 Å². The second-order valence-corrected chi connectivity index (χ2v) is 6.75. The predicted octanol–water partition coefficient (Wildman–Crippen LogP) is 1.35. The van der Waals surface area contributed by atoms with Crippen LogP contribution in [-0.2, 0) is 6.54 Å². The van der Waals surface area contributed by atoms with Crippen molar-refractivity contribution in [2.75, 3.05) is 32.1 Å². The van der Waals surface area contributed by atoms with E-state index in [9.17, 15) is 9.90 Å². The van der Waals surface area contributed by atoms with Gasteiger partial charge in [-0.05, 0) is 44.0 Å². The van der Waals surface area contributed by atoms with E-state index < -0.39 is 5.60 Å². The Morgan fingerprint density at radius 1 is 1.50 bits per heavy atom. The van der Waals surface area contributed by atoms with Crippen LogP contribution in [0, 0.1) is 0 Å². The second-order valence-electron chi connectivity index (χ2n) is 5.65.